The zero-order chi connectivity index (χ0) is 21.6. The number of nitrogens with one attached hydrogen (secondary N) is 1. The van der Waals surface area contributed by atoms with Gasteiger partial charge in [-0.1, -0.05) is 64.1 Å². The Bertz CT molecular complexity index is 921. The lowest BCUT2D eigenvalue weighted by Crippen LogP contribution is -2.88. The Kier molecular flexibility index (Phi) is 7.99. The van der Waals surface area contributed by atoms with Crippen LogP contribution < -0.4 is 10.6 Å². The topological polar surface area (TPSA) is 79.8 Å². The first-order chi connectivity index (χ1) is 13.6. The minimum absolute atomic E-state index is 0.134. The standard InChI is InChI=1S/C23H32N2O3S/c1-6-17(4)18-11-13-19(14-12-18)23(16(2)3)24-15-22(26)25-20-9-7-8-10-21(20)29(5,27)28/h7-14,16-17,23-24H,6,15H2,1-5H3,(H,25,26)/p+1/t17-,23-/m0/s1. The van der Waals surface area contributed by atoms with Gasteiger partial charge in [0, 0.05) is 17.7 Å². The second-order valence-electron chi connectivity index (χ2n) is 8.00. The van der Waals surface area contributed by atoms with Gasteiger partial charge in [-0.15, -0.1) is 0 Å². The number of nitrogens with two attached hydrogens (primary N) is 1. The van der Waals surface area contributed by atoms with Crippen LogP contribution in [0.5, 0.6) is 0 Å². The molecular formula is C23H33N2O3S+. The maximum atomic E-state index is 12.5. The molecule has 0 unspecified atom stereocenters. The number of hydrogen-bond donors (Lipinski definition) is 2. The summed E-state index contributed by atoms with van der Waals surface area (Å²) in [5, 5.41) is 4.76. The molecule has 0 aromatic heterocycles. The van der Waals surface area contributed by atoms with Crippen LogP contribution >= 0.6 is 0 Å². The normalized spacial score (nSPS) is 13.9. The lowest BCUT2D eigenvalue weighted by atomic mass is 9.92. The number of amides is 1. The van der Waals surface area contributed by atoms with Crippen LogP contribution in [0.3, 0.4) is 0 Å². The van der Waals surface area contributed by atoms with E-state index in [2.05, 4.69) is 57.3 Å². The molecule has 0 saturated carbocycles. The van der Waals surface area contributed by atoms with E-state index in [1.807, 2.05) is 5.32 Å². The SMILES string of the molecule is CC[C@H](C)c1ccc([C@@H]([NH2+]CC(=O)Nc2ccccc2S(C)(=O)=O)C(C)C)cc1. The van der Waals surface area contributed by atoms with Crippen LogP contribution in [-0.4, -0.2) is 27.1 Å². The maximum Gasteiger partial charge on any atom is 0.279 e. The van der Waals surface area contributed by atoms with Gasteiger partial charge in [0.25, 0.3) is 5.91 Å². The first-order valence-corrected chi connectivity index (χ1v) is 12.0. The van der Waals surface area contributed by atoms with Gasteiger partial charge in [0.2, 0.25) is 0 Å². The highest BCUT2D eigenvalue weighted by molar-refractivity contribution is 7.90. The molecule has 2 aromatic carbocycles. The van der Waals surface area contributed by atoms with E-state index in [0.717, 1.165) is 12.7 Å². The van der Waals surface area contributed by atoms with Crippen molar-refractivity contribution in [1.29, 1.82) is 0 Å². The molecular weight excluding hydrogens is 384 g/mol. The third-order valence-corrected chi connectivity index (χ3v) is 6.49. The molecule has 29 heavy (non-hydrogen) atoms. The summed E-state index contributed by atoms with van der Waals surface area (Å²) < 4.78 is 23.8. The van der Waals surface area contributed by atoms with E-state index in [-0.39, 0.29) is 23.4 Å². The number of para-hydroxylation sites is 1. The smallest absolute Gasteiger partial charge is 0.279 e. The second-order valence-corrected chi connectivity index (χ2v) is 9.99. The van der Waals surface area contributed by atoms with E-state index in [1.54, 1.807) is 18.2 Å². The molecule has 0 aliphatic heterocycles. The number of rotatable bonds is 9. The molecule has 0 aliphatic rings. The van der Waals surface area contributed by atoms with Crippen molar-refractivity contribution in [2.24, 2.45) is 5.92 Å². The molecule has 0 heterocycles. The third-order valence-electron chi connectivity index (χ3n) is 5.34. The van der Waals surface area contributed by atoms with Gasteiger partial charge in [0.1, 0.15) is 6.04 Å². The summed E-state index contributed by atoms with van der Waals surface area (Å²) in [4.78, 5) is 12.6. The number of carbonyl (C=O) groups is 1. The van der Waals surface area contributed by atoms with Crippen molar-refractivity contribution in [3.63, 3.8) is 0 Å². The molecule has 1 amide bonds. The molecule has 0 radical (unpaired) electrons. The highest BCUT2D eigenvalue weighted by Gasteiger charge is 2.22. The quantitative estimate of drug-likeness (QED) is 0.655. The molecule has 0 spiro atoms. The van der Waals surface area contributed by atoms with Crippen molar-refractivity contribution < 1.29 is 18.5 Å². The van der Waals surface area contributed by atoms with Gasteiger partial charge >= 0.3 is 0 Å². The first-order valence-electron chi connectivity index (χ1n) is 10.2. The minimum Gasteiger partial charge on any atom is -0.332 e. The second kappa shape index (κ2) is 10.0. The Morgan fingerprint density at radius 1 is 1.00 bits per heavy atom. The molecule has 0 saturated heterocycles. The Morgan fingerprint density at radius 2 is 1.59 bits per heavy atom. The van der Waals surface area contributed by atoms with Crippen LogP contribution in [0.15, 0.2) is 53.4 Å². The number of sulfone groups is 1. The zero-order valence-electron chi connectivity index (χ0n) is 18.0. The van der Waals surface area contributed by atoms with Crippen LogP contribution in [0.1, 0.15) is 57.2 Å². The van der Waals surface area contributed by atoms with Gasteiger partial charge in [-0.25, -0.2) is 8.42 Å². The lowest BCUT2D eigenvalue weighted by Gasteiger charge is -2.20. The highest BCUT2D eigenvalue weighted by Crippen LogP contribution is 2.23. The molecule has 2 atom stereocenters. The maximum absolute atomic E-state index is 12.5. The fourth-order valence-electron chi connectivity index (χ4n) is 3.40. The average Bonchev–Trinajstić information content (AvgIpc) is 2.67. The molecule has 0 aliphatic carbocycles. The molecule has 5 nitrogen and oxygen atoms in total. The molecule has 158 valence electrons. The molecule has 0 bridgehead atoms. The molecule has 2 aromatic rings. The van der Waals surface area contributed by atoms with E-state index in [4.69, 9.17) is 0 Å². The Balaban J connectivity index is 2.07. The van der Waals surface area contributed by atoms with E-state index < -0.39 is 9.84 Å². The fourth-order valence-corrected chi connectivity index (χ4v) is 4.25. The highest BCUT2D eigenvalue weighted by atomic mass is 32.2. The van der Waals surface area contributed by atoms with E-state index in [9.17, 15) is 13.2 Å². The summed E-state index contributed by atoms with van der Waals surface area (Å²) in [7, 11) is -3.41. The summed E-state index contributed by atoms with van der Waals surface area (Å²) in [6.07, 6.45) is 2.25. The average molecular weight is 418 g/mol. The predicted molar refractivity (Wildman–Crippen MR) is 118 cm³/mol. The largest absolute Gasteiger partial charge is 0.332 e. The molecule has 0 fully saturated rings. The van der Waals surface area contributed by atoms with Gasteiger partial charge in [0.05, 0.1) is 10.6 Å². The Hall–Kier alpha value is -2.18. The van der Waals surface area contributed by atoms with Crippen LogP contribution in [0.2, 0.25) is 0 Å². The zero-order valence-corrected chi connectivity index (χ0v) is 18.8. The predicted octanol–water partition coefficient (Wildman–Crippen LogP) is 3.50. The van der Waals surface area contributed by atoms with Crippen LogP contribution in [0.25, 0.3) is 0 Å². The van der Waals surface area contributed by atoms with Crippen molar-refractivity contribution in [2.75, 3.05) is 18.1 Å². The Labute approximate surface area is 174 Å². The van der Waals surface area contributed by atoms with E-state index in [0.29, 0.717) is 17.5 Å². The lowest BCUT2D eigenvalue weighted by molar-refractivity contribution is -0.692. The summed E-state index contributed by atoms with van der Waals surface area (Å²) in [6.45, 7) is 8.90. The van der Waals surface area contributed by atoms with E-state index >= 15 is 0 Å². The number of benzene rings is 2. The van der Waals surface area contributed by atoms with Crippen molar-refractivity contribution in [3.8, 4) is 0 Å². The number of anilines is 1. The molecule has 2 rings (SSSR count). The van der Waals surface area contributed by atoms with Gasteiger partial charge in [-0.05, 0) is 30.0 Å². The van der Waals surface area contributed by atoms with Gasteiger partial charge < -0.3 is 10.6 Å². The number of carbonyl (C=O) groups excluding carboxylic acids is 1. The fraction of sp³-hybridized carbons (Fsp3) is 0.435. The monoisotopic (exact) mass is 417 g/mol. The summed E-state index contributed by atoms with van der Waals surface area (Å²) >= 11 is 0. The third kappa shape index (κ3) is 6.41. The summed E-state index contributed by atoms with van der Waals surface area (Å²) in [5.74, 6) is 0.662. The number of hydrogen-bond acceptors (Lipinski definition) is 3. The van der Waals surface area contributed by atoms with Crippen molar-refractivity contribution in [2.45, 2.75) is 51.0 Å². The van der Waals surface area contributed by atoms with Gasteiger partial charge in [-0.3, -0.25) is 4.79 Å². The molecule has 6 heteroatoms. The van der Waals surface area contributed by atoms with Gasteiger partial charge in [0.15, 0.2) is 16.4 Å². The minimum atomic E-state index is -3.41. The van der Waals surface area contributed by atoms with Crippen LogP contribution in [0, 0.1) is 5.92 Å². The summed E-state index contributed by atoms with van der Waals surface area (Å²) in [6, 6.07) is 15.3. The first kappa shape index (κ1) is 23.1. The van der Waals surface area contributed by atoms with Crippen molar-refractivity contribution >= 4 is 21.4 Å². The number of quaternary nitrogens is 1. The van der Waals surface area contributed by atoms with Crippen molar-refractivity contribution in [1.82, 2.24) is 0 Å². The summed E-state index contributed by atoms with van der Waals surface area (Å²) in [5.41, 5.74) is 2.85. The van der Waals surface area contributed by atoms with E-state index in [1.165, 1.54) is 17.2 Å². The van der Waals surface area contributed by atoms with Gasteiger partial charge in [-0.2, -0.15) is 0 Å². The Morgan fingerprint density at radius 3 is 2.14 bits per heavy atom. The van der Waals surface area contributed by atoms with Crippen LogP contribution in [-0.2, 0) is 14.6 Å². The van der Waals surface area contributed by atoms with Crippen molar-refractivity contribution in [3.05, 3.63) is 59.7 Å². The van der Waals surface area contributed by atoms with Crippen LogP contribution in [0.4, 0.5) is 5.69 Å². The molecule has 3 N–H and O–H groups in total.